The van der Waals surface area contributed by atoms with Crippen LogP contribution in [0.3, 0.4) is 0 Å². The lowest BCUT2D eigenvalue weighted by atomic mass is 10.3. The molecule has 2 aromatic heterocycles. The molecule has 1 N–H and O–H groups in total. The van der Waals surface area contributed by atoms with E-state index < -0.39 is 0 Å². The van der Waals surface area contributed by atoms with Crippen LogP contribution in [0.4, 0.5) is 0 Å². The van der Waals surface area contributed by atoms with Gasteiger partial charge in [0.2, 0.25) is 5.82 Å². The first-order chi connectivity index (χ1) is 8.29. The van der Waals surface area contributed by atoms with Crippen LogP contribution in [0.5, 0.6) is 0 Å². The van der Waals surface area contributed by atoms with E-state index in [1.165, 1.54) is 4.80 Å². The van der Waals surface area contributed by atoms with Gasteiger partial charge in [0.1, 0.15) is 6.54 Å². The molecule has 17 heavy (non-hydrogen) atoms. The van der Waals surface area contributed by atoms with E-state index in [-0.39, 0.29) is 12.5 Å². The zero-order valence-electron chi connectivity index (χ0n) is 9.16. The maximum atomic E-state index is 11.3. The molecule has 0 aliphatic heterocycles. The number of aromatic nitrogens is 4. The Morgan fingerprint density at radius 3 is 3.24 bits per heavy atom. The number of carbonyl (C=O) groups excluding carboxylic acids is 1. The normalized spacial score (nSPS) is 10.4. The van der Waals surface area contributed by atoms with Gasteiger partial charge in [-0.05, 0) is 23.6 Å². The minimum atomic E-state index is -0.318. The number of amides is 1. The largest absolute Gasteiger partial charge is 0.274 e. The number of hydroxylamine groups is 1. The Kier molecular flexibility index (Phi) is 3.78. The van der Waals surface area contributed by atoms with Crippen molar-refractivity contribution in [2.75, 3.05) is 6.61 Å². The Bertz CT molecular complexity index is 481. The lowest BCUT2D eigenvalue weighted by Gasteiger charge is -2.01. The van der Waals surface area contributed by atoms with Gasteiger partial charge in [-0.1, -0.05) is 0 Å². The highest BCUT2D eigenvalue weighted by atomic mass is 32.1. The Morgan fingerprint density at radius 2 is 2.53 bits per heavy atom. The van der Waals surface area contributed by atoms with Crippen LogP contribution in [0, 0.1) is 0 Å². The molecule has 2 heterocycles. The lowest BCUT2D eigenvalue weighted by Crippen LogP contribution is -2.28. The van der Waals surface area contributed by atoms with Gasteiger partial charge in [-0.15, -0.1) is 10.2 Å². The molecule has 0 saturated carbocycles. The summed E-state index contributed by atoms with van der Waals surface area (Å²) in [6, 6.07) is 1.90. The Hall–Kier alpha value is -1.80. The molecule has 0 atom stereocenters. The lowest BCUT2D eigenvalue weighted by molar-refractivity contribution is -0.134. The topological polar surface area (TPSA) is 81.9 Å². The summed E-state index contributed by atoms with van der Waals surface area (Å²) in [5.74, 6) is 0.191. The number of nitrogens with zero attached hydrogens (tertiary/aromatic N) is 4. The van der Waals surface area contributed by atoms with Gasteiger partial charge < -0.3 is 0 Å². The smallest absolute Gasteiger partial charge is 0.267 e. The van der Waals surface area contributed by atoms with Crippen LogP contribution in [-0.2, 0) is 16.2 Å². The van der Waals surface area contributed by atoms with E-state index in [9.17, 15) is 4.79 Å². The monoisotopic (exact) mass is 253 g/mol. The van der Waals surface area contributed by atoms with Crippen LogP contribution in [0.25, 0.3) is 11.4 Å². The van der Waals surface area contributed by atoms with Crippen molar-refractivity contribution in [1.29, 1.82) is 0 Å². The maximum absolute atomic E-state index is 11.3. The summed E-state index contributed by atoms with van der Waals surface area (Å²) in [5, 5.41) is 15.6. The van der Waals surface area contributed by atoms with Crippen LogP contribution in [0.1, 0.15) is 6.92 Å². The van der Waals surface area contributed by atoms with Crippen molar-refractivity contribution in [1.82, 2.24) is 25.7 Å². The first-order valence-electron chi connectivity index (χ1n) is 5.00. The zero-order chi connectivity index (χ0) is 12.1. The predicted octanol–water partition coefficient (Wildman–Crippen LogP) is 0.469. The zero-order valence-corrected chi connectivity index (χ0v) is 9.98. The molecule has 0 aliphatic carbocycles. The second kappa shape index (κ2) is 5.51. The molecule has 0 bridgehead atoms. The van der Waals surface area contributed by atoms with Crippen LogP contribution < -0.4 is 5.48 Å². The van der Waals surface area contributed by atoms with Gasteiger partial charge in [-0.2, -0.15) is 16.1 Å². The molecule has 0 radical (unpaired) electrons. The fraction of sp³-hybridized carbons (Fsp3) is 0.333. The van der Waals surface area contributed by atoms with Gasteiger partial charge in [-0.3, -0.25) is 9.63 Å². The van der Waals surface area contributed by atoms with Crippen LogP contribution in [0.2, 0.25) is 0 Å². The summed E-state index contributed by atoms with van der Waals surface area (Å²) in [5.41, 5.74) is 3.15. The Labute approximate surface area is 101 Å². The van der Waals surface area contributed by atoms with Gasteiger partial charge in [-0.25, -0.2) is 5.48 Å². The highest BCUT2D eigenvalue weighted by molar-refractivity contribution is 7.08. The quantitative estimate of drug-likeness (QED) is 0.783. The van der Waals surface area contributed by atoms with E-state index >= 15 is 0 Å². The molecule has 2 aromatic rings. The molecule has 0 spiro atoms. The summed E-state index contributed by atoms with van der Waals surface area (Å²) in [4.78, 5) is 17.3. The third kappa shape index (κ3) is 3.08. The van der Waals surface area contributed by atoms with Gasteiger partial charge in [0, 0.05) is 10.9 Å². The molecule has 2 rings (SSSR count). The van der Waals surface area contributed by atoms with Crippen molar-refractivity contribution in [3.63, 3.8) is 0 Å². The molecule has 7 nitrogen and oxygen atoms in total. The summed E-state index contributed by atoms with van der Waals surface area (Å²) in [6.45, 7) is 2.18. The third-order valence-corrected chi connectivity index (χ3v) is 2.53. The minimum Gasteiger partial charge on any atom is -0.274 e. The highest BCUT2D eigenvalue weighted by Gasteiger charge is 2.09. The fourth-order valence-corrected chi connectivity index (χ4v) is 1.77. The van der Waals surface area contributed by atoms with Gasteiger partial charge in [0.05, 0.1) is 6.61 Å². The fourth-order valence-electron chi connectivity index (χ4n) is 1.13. The molecule has 0 unspecified atom stereocenters. The standard InChI is InChI=1S/C9H11N5O2S/c1-2-16-12-8(15)5-14-11-9(10-13-14)7-3-4-17-6-7/h3-4,6H,2,5H2,1H3,(H,12,15). The summed E-state index contributed by atoms with van der Waals surface area (Å²) >= 11 is 1.55. The van der Waals surface area contributed by atoms with Crippen molar-refractivity contribution in [3.05, 3.63) is 16.8 Å². The third-order valence-electron chi connectivity index (χ3n) is 1.85. The average Bonchev–Trinajstić information content (AvgIpc) is 2.95. The van der Waals surface area contributed by atoms with Crippen molar-refractivity contribution < 1.29 is 9.63 Å². The van der Waals surface area contributed by atoms with E-state index in [1.807, 2.05) is 16.8 Å². The molecule has 0 aromatic carbocycles. The molecular weight excluding hydrogens is 242 g/mol. The van der Waals surface area contributed by atoms with Crippen molar-refractivity contribution >= 4 is 17.2 Å². The maximum Gasteiger partial charge on any atom is 0.267 e. The molecule has 1 amide bonds. The number of tetrazole rings is 1. The van der Waals surface area contributed by atoms with Crippen molar-refractivity contribution in [2.24, 2.45) is 0 Å². The Balaban J connectivity index is 1.97. The number of carbonyl (C=O) groups is 1. The molecular formula is C9H11N5O2S. The first kappa shape index (κ1) is 11.7. The van der Waals surface area contributed by atoms with E-state index in [0.717, 1.165) is 5.56 Å². The summed E-state index contributed by atoms with van der Waals surface area (Å²) in [7, 11) is 0. The van der Waals surface area contributed by atoms with Gasteiger partial charge in [0.25, 0.3) is 5.91 Å². The molecule has 0 aliphatic rings. The summed E-state index contributed by atoms with van der Waals surface area (Å²) < 4.78 is 0. The minimum absolute atomic E-state index is 0.0167. The van der Waals surface area contributed by atoms with E-state index in [1.54, 1.807) is 18.3 Å². The molecule has 90 valence electrons. The predicted molar refractivity (Wildman–Crippen MR) is 60.9 cm³/mol. The number of rotatable bonds is 5. The van der Waals surface area contributed by atoms with Crippen LogP contribution in [0.15, 0.2) is 16.8 Å². The second-order valence-electron chi connectivity index (χ2n) is 3.11. The van der Waals surface area contributed by atoms with Crippen LogP contribution >= 0.6 is 11.3 Å². The van der Waals surface area contributed by atoms with Crippen molar-refractivity contribution in [3.8, 4) is 11.4 Å². The Morgan fingerprint density at radius 1 is 1.65 bits per heavy atom. The summed E-state index contributed by atoms with van der Waals surface area (Å²) in [6.07, 6.45) is 0. The second-order valence-corrected chi connectivity index (χ2v) is 3.89. The van der Waals surface area contributed by atoms with Gasteiger partial charge in [0.15, 0.2) is 0 Å². The number of hydrogen-bond donors (Lipinski definition) is 1. The number of thiophene rings is 1. The molecule has 0 fully saturated rings. The number of hydrogen-bond acceptors (Lipinski definition) is 6. The van der Waals surface area contributed by atoms with E-state index in [2.05, 4.69) is 20.9 Å². The number of nitrogens with one attached hydrogen (secondary N) is 1. The SMILES string of the molecule is CCONC(=O)Cn1nnc(-c2ccsc2)n1. The molecule has 8 heteroatoms. The van der Waals surface area contributed by atoms with Crippen molar-refractivity contribution in [2.45, 2.75) is 13.5 Å². The highest BCUT2D eigenvalue weighted by Crippen LogP contribution is 2.16. The first-order valence-corrected chi connectivity index (χ1v) is 5.95. The molecule has 0 saturated heterocycles. The van der Waals surface area contributed by atoms with Crippen LogP contribution in [-0.4, -0.2) is 32.7 Å². The van der Waals surface area contributed by atoms with Gasteiger partial charge >= 0.3 is 0 Å². The van der Waals surface area contributed by atoms with E-state index in [4.69, 9.17) is 4.84 Å². The van der Waals surface area contributed by atoms with E-state index in [0.29, 0.717) is 12.4 Å². The average molecular weight is 253 g/mol.